The number of hydrogen-bond donors (Lipinski definition) is 1. The van der Waals surface area contributed by atoms with Gasteiger partial charge in [-0.25, -0.2) is 4.99 Å². The van der Waals surface area contributed by atoms with Crippen molar-refractivity contribution in [1.82, 2.24) is 5.32 Å². The lowest BCUT2D eigenvalue weighted by molar-refractivity contribution is 0.187. The van der Waals surface area contributed by atoms with Crippen molar-refractivity contribution in [3.8, 4) is 0 Å². The molecule has 0 aliphatic heterocycles. The Balaban J connectivity index is 3.77. The van der Waals surface area contributed by atoms with Crippen molar-refractivity contribution in [3.05, 3.63) is 0 Å². The van der Waals surface area contributed by atoms with Gasteiger partial charge in [0.15, 0.2) is 0 Å². The summed E-state index contributed by atoms with van der Waals surface area (Å²) in [5.41, 5.74) is 0. The Morgan fingerprint density at radius 2 is 2.36 bits per heavy atom. The minimum atomic E-state index is 0.0350. The van der Waals surface area contributed by atoms with E-state index in [4.69, 9.17) is 4.74 Å². The molecule has 0 fully saturated rings. The number of thioether (sulfide) groups is 1. The van der Waals surface area contributed by atoms with Gasteiger partial charge in [-0.2, -0.15) is 0 Å². The Morgan fingerprint density at radius 3 is 2.73 bits per heavy atom. The molecule has 1 unspecified atom stereocenters. The Kier molecular flexibility index (Phi) is 6.36. The van der Waals surface area contributed by atoms with Crippen molar-refractivity contribution in [3.63, 3.8) is 0 Å². The van der Waals surface area contributed by atoms with E-state index in [0.29, 0.717) is 0 Å². The summed E-state index contributed by atoms with van der Waals surface area (Å²) in [4.78, 5) is 4.15. The second kappa shape index (κ2) is 6.49. The van der Waals surface area contributed by atoms with Crippen LogP contribution in [0.15, 0.2) is 4.99 Å². The third kappa shape index (κ3) is 5.09. The van der Waals surface area contributed by atoms with E-state index in [-0.39, 0.29) is 6.23 Å². The largest absolute Gasteiger partial charge is 0.454 e. The highest BCUT2D eigenvalue weighted by molar-refractivity contribution is 8.12. The fraction of sp³-hybridized carbons (Fsp3) is 0.857. The van der Waals surface area contributed by atoms with Crippen LogP contribution in [0.1, 0.15) is 13.8 Å². The molecule has 0 bridgehead atoms. The normalized spacial score (nSPS) is 14.7. The zero-order chi connectivity index (χ0) is 8.69. The highest BCUT2D eigenvalue weighted by atomic mass is 32.2. The molecular formula is C7H16N2OS. The van der Waals surface area contributed by atoms with Gasteiger partial charge in [-0.15, -0.1) is 0 Å². The van der Waals surface area contributed by atoms with Gasteiger partial charge < -0.3 is 4.74 Å². The van der Waals surface area contributed by atoms with Gasteiger partial charge in [0.1, 0.15) is 6.23 Å². The SMILES string of the molecule is CCN=C(OC(C)NC)SC. The van der Waals surface area contributed by atoms with Crippen molar-refractivity contribution >= 4 is 17.0 Å². The van der Waals surface area contributed by atoms with E-state index >= 15 is 0 Å². The third-order valence-electron chi connectivity index (χ3n) is 1.15. The summed E-state index contributed by atoms with van der Waals surface area (Å²) in [5.74, 6) is 0. The van der Waals surface area contributed by atoms with E-state index in [9.17, 15) is 0 Å². The van der Waals surface area contributed by atoms with Crippen LogP contribution in [0, 0.1) is 0 Å². The van der Waals surface area contributed by atoms with E-state index in [1.807, 2.05) is 27.2 Å². The minimum Gasteiger partial charge on any atom is -0.454 e. The van der Waals surface area contributed by atoms with Gasteiger partial charge in [-0.3, -0.25) is 5.32 Å². The minimum absolute atomic E-state index is 0.0350. The molecule has 1 N–H and O–H groups in total. The monoisotopic (exact) mass is 176 g/mol. The van der Waals surface area contributed by atoms with Gasteiger partial charge in [0.2, 0.25) is 5.23 Å². The van der Waals surface area contributed by atoms with Crippen LogP contribution in [0.4, 0.5) is 0 Å². The van der Waals surface area contributed by atoms with Crippen LogP contribution in [-0.4, -0.2) is 31.3 Å². The highest BCUT2D eigenvalue weighted by Crippen LogP contribution is 2.02. The molecule has 0 spiro atoms. The van der Waals surface area contributed by atoms with Crippen molar-refractivity contribution in [2.45, 2.75) is 20.1 Å². The summed E-state index contributed by atoms with van der Waals surface area (Å²) in [6.45, 7) is 4.71. The maximum atomic E-state index is 5.39. The van der Waals surface area contributed by atoms with Crippen molar-refractivity contribution in [2.24, 2.45) is 4.99 Å². The van der Waals surface area contributed by atoms with Crippen LogP contribution in [0.5, 0.6) is 0 Å². The molecule has 0 aromatic carbocycles. The molecule has 0 saturated heterocycles. The standard InChI is InChI=1S/C7H16N2OS/c1-5-9-7(11-4)10-6(2)8-3/h6,8H,5H2,1-4H3. The number of rotatable bonds is 3. The Bertz CT molecular complexity index is 128. The van der Waals surface area contributed by atoms with Crippen LogP contribution in [-0.2, 0) is 4.74 Å². The smallest absolute Gasteiger partial charge is 0.247 e. The predicted molar refractivity (Wildman–Crippen MR) is 51.1 cm³/mol. The van der Waals surface area contributed by atoms with Gasteiger partial charge in [0.25, 0.3) is 0 Å². The Hall–Kier alpha value is -0.220. The summed E-state index contributed by atoms with van der Waals surface area (Å²) >= 11 is 1.53. The third-order valence-corrected chi connectivity index (χ3v) is 1.72. The summed E-state index contributed by atoms with van der Waals surface area (Å²) in [7, 11) is 1.86. The summed E-state index contributed by atoms with van der Waals surface area (Å²) in [6.07, 6.45) is 1.99. The van der Waals surface area contributed by atoms with Crippen molar-refractivity contribution < 1.29 is 4.74 Å². The summed E-state index contributed by atoms with van der Waals surface area (Å²) < 4.78 is 5.39. The molecule has 0 heterocycles. The van der Waals surface area contributed by atoms with Gasteiger partial charge >= 0.3 is 0 Å². The molecule has 0 aromatic rings. The number of aliphatic imine (C=N–C) groups is 1. The van der Waals surface area contributed by atoms with Gasteiger partial charge in [-0.1, -0.05) is 11.8 Å². The number of nitrogens with zero attached hydrogens (tertiary/aromatic N) is 1. The first-order valence-electron chi connectivity index (χ1n) is 3.67. The number of hydrogen-bond acceptors (Lipinski definition) is 4. The highest BCUT2D eigenvalue weighted by Gasteiger charge is 2.01. The molecule has 0 radical (unpaired) electrons. The molecule has 4 heteroatoms. The molecule has 0 amide bonds. The van der Waals surface area contributed by atoms with Crippen LogP contribution >= 0.6 is 11.8 Å². The van der Waals surface area contributed by atoms with E-state index in [0.717, 1.165) is 11.8 Å². The first-order chi connectivity index (χ1) is 5.24. The van der Waals surface area contributed by atoms with Gasteiger partial charge in [0.05, 0.1) is 0 Å². The molecule has 0 aromatic heterocycles. The lowest BCUT2D eigenvalue weighted by Crippen LogP contribution is -2.26. The lowest BCUT2D eigenvalue weighted by Gasteiger charge is -2.13. The summed E-state index contributed by atoms with van der Waals surface area (Å²) in [5, 5.41) is 3.72. The zero-order valence-corrected chi connectivity index (χ0v) is 8.36. The molecule has 0 aliphatic rings. The Morgan fingerprint density at radius 1 is 1.73 bits per heavy atom. The first-order valence-corrected chi connectivity index (χ1v) is 4.89. The maximum Gasteiger partial charge on any atom is 0.247 e. The van der Waals surface area contributed by atoms with Crippen LogP contribution in [0.25, 0.3) is 0 Å². The van der Waals surface area contributed by atoms with Crippen LogP contribution in [0.3, 0.4) is 0 Å². The van der Waals surface area contributed by atoms with E-state index < -0.39 is 0 Å². The predicted octanol–water partition coefficient (Wildman–Crippen LogP) is 1.31. The second-order valence-corrected chi connectivity index (χ2v) is 2.75. The van der Waals surface area contributed by atoms with E-state index in [1.165, 1.54) is 11.8 Å². The molecule has 3 nitrogen and oxygen atoms in total. The molecule has 11 heavy (non-hydrogen) atoms. The second-order valence-electron chi connectivity index (χ2n) is 1.99. The molecule has 0 aliphatic carbocycles. The Labute approximate surface area is 72.6 Å². The quantitative estimate of drug-likeness (QED) is 0.400. The van der Waals surface area contributed by atoms with Gasteiger partial charge in [0, 0.05) is 6.54 Å². The topological polar surface area (TPSA) is 33.6 Å². The van der Waals surface area contributed by atoms with Crippen molar-refractivity contribution in [1.29, 1.82) is 0 Å². The van der Waals surface area contributed by atoms with E-state index in [2.05, 4.69) is 10.3 Å². The summed E-state index contributed by atoms with van der Waals surface area (Å²) in [6, 6.07) is 0. The average molecular weight is 176 g/mol. The molecule has 0 saturated carbocycles. The van der Waals surface area contributed by atoms with E-state index in [1.54, 1.807) is 0 Å². The fourth-order valence-electron chi connectivity index (χ4n) is 0.489. The van der Waals surface area contributed by atoms with Crippen LogP contribution < -0.4 is 5.32 Å². The lowest BCUT2D eigenvalue weighted by atomic mass is 10.7. The fourth-order valence-corrected chi connectivity index (χ4v) is 0.988. The van der Waals surface area contributed by atoms with Crippen LogP contribution in [0.2, 0.25) is 0 Å². The molecule has 66 valence electrons. The number of ether oxygens (including phenoxy) is 1. The zero-order valence-electron chi connectivity index (χ0n) is 7.55. The number of nitrogens with one attached hydrogen (secondary N) is 1. The molecule has 0 rings (SSSR count). The average Bonchev–Trinajstić information content (AvgIpc) is 2.03. The van der Waals surface area contributed by atoms with Gasteiger partial charge in [-0.05, 0) is 27.2 Å². The molecule has 1 atom stereocenters. The van der Waals surface area contributed by atoms with Crippen molar-refractivity contribution in [2.75, 3.05) is 19.8 Å². The first kappa shape index (κ1) is 10.8. The maximum absolute atomic E-state index is 5.39. The molecular weight excluding hydrogens is 160 g/mol.